The van der Waals surface area contributed by atoms with E-state index in [1.165, 1.54) is 10.9 Å². The van der Waals surface area contributed by atoms with Crippen LogP contribution in [0.25, 0.3) is 0 Å². The number of nitro groups is 1. The van der Waals surface area contributed by atoms with E-state index in [-0.39, 0.29) is 17.6 Å². The van der Waals surface area contributed by atoms with Crippen molar-refractivity contribution in [3.63, 3.8) is 0 Å². The highest BCUT2D eigenvalue weighted by Crippen LogP contribution is 2.35. The lowest BCUT2D eigenvalue weighted by atomic mass is 10.1. The van der Waals surface area contributed by atoms with E-state index in [1.807, 2.05) is 22.4 Å². The van der Waals surface area contributed by atoms with Crippen LogP contribution in [-0.4, -0.2) is 22.3 Å². The van der Waals surface area contributed by atoms with E-state index in [4.69, 9.17) is 0 Å². The van der Waals surface area contributed by atoms with E-state index in [2.05, 4.69) is 0 Å². The molecule has 3 rings (SSSR count). The Labute approximate surface area is 132 Å². The van der Waals surface area contributed by atoms with Crippen LogP contribution in [0, 0.1) is 17.0 Å². The number of aryl methyl sites for hydroxylation is 1. The van der Waals surface area contributed by atoms with Gasteiger partial charge >= 0.3 is 0 Å². The molecule has 2 heterocycles. The van der Waals surface area contributed by atoms with E-state index in [9.17, 15) is 14.9 Å². The molecular formula is C16H16N2O3S. The molecule has 0 N–H and O–H groups in total. The van der Waals surface area contributed by atoms with Gasteiger partial charge in [-0.2, -0.15) is 0 Å². The van der Waals surface area contributed by atoms with Crippen molar-refractivity contribution in [1.82, 2.24) is 4.90 Å². The monoisotopic (exact) mass is 316 g/mol. The molecule has 1 aromatic carbocycles. The van der Waals surface area contributed by atoms with Gasteiger partial charge < -0.3 is 4.90 Å². The zero-order chi connectivity index (χ0) is 15.7. The molecule has 1 atom stereocenters. The van der Waals surface area contributed by atoms with Gasteiger partial charge in [-0.25, -0.2) is 0 Å². The Morgan fingerprint density at radius 1 is 1.41 bits per heavy atom. The smallest absolute Gasteiger partial charge is 0.273 e. The number of amides is 1. The van der Waals surface area contributed by atoms with Crippen molar-refractivity contribution in [3.05, 3.63) is 61.8 Å². The molecule has 5 nitrogen and oxygen atoms in total. The summed E-state index contributed by atoms with van der Waals surface area (Å²) in [4.78, 5) is 26.4. The third-order valence-electron chi connectivity index (χ3n) is 4.04. The molecule has 22 heavy (non-hydrogen) atoms. The number of carbonyl (C=O) groups is 1. The lowest BCUT2D eigenvalue weighted by Gasteiger charge is -2.24. The van der Waals surface area contributed by atoms with Gasteiger partial charge in [-0.15, -0.1) is 11.3 Å². The normalized spacial score (nSPS) is 17.7. The van der Waals surface area contributed by atoms with Crippen molar-refractivity contribution in [1.29, 1.82) is 0 Å². The van der Waals surface area contributed by atoms with Gasteiger partial charge in [0.25, 0.3) is 11.6 Å². The van der Waals surface area contributed by atoms with Crippen LogP contribution < -0.4 is 0 Å². The topological polar surface area (TPSA) is 63.5 Å². The van der Waals surface area contributed by atoms with Crippen LogP contribution in [0.3, 0.4) is 0 Å². The molecule has 1 aliphatic heterocycles. The maximum atomic E-state index is 12.7. The maximum absolute atomic E-state index is 12.7. The van der Waals surface area contributed by atoms with Crippen LogP contribution in [0.15, 0.2) is 35.7 Å². The molecule has 0 radical (unpaired) electrons. The summed E-state index contributed by atoms with van der Waals surface area (Å²) in [6.45, 7) is 2.37. The molecule has 1 aliphatic rings. The van der Waals surface area contributed by atoms with Crippen molar-refractivity contribution < 1.29 is 9.72 Å². The van der Waals surface area contributed by atoms with Gasteiger partial charge in [0.1, 0.15) is 0 Å². The molecule has 0 bridgehead atoms. The highest BCUT2D eigenvalue weighted by molar-refractivity contribution is 7.10. The van der Waals surface area contributed by atoms with Crippen molar-refractivity contribution in [2.45, 2.75) is 25.8 Å². The summed E-state index contributed by atoms with van der Waals surface area (Å²) in [6.07, 6.45) is 1.91. The van der Waals surface area contributed by atoms with E-state index >= 15 is 0 Å². The molecular weight excluding hydrogens is 300 g/mol. The molecule has 1 fully saturated rings. The van der Waals surface area contributed by atoms with Gasteiger partial charge in [0, 0.05) is 28.6 Å². The van der Waals surface area contributed by atoms with Crippen LogP contribution in [0.2, 0.25) is 0 Å². The molecule has 1 saturated heterocycles. The summed E-state index contributed by atoms with van der Waals surface area (Å²) in [5.41, 5.74) is 0.955. The highest BCUT2D eigenvalue weighted by Gasteiger charge is 2.31. The first-order valence-corrected chi connectivity index (χ1v) is 8.05. The number of hydrogen-bond acceptors (Lipinski definition) is 4. The maximum Gasteiger partial charge on any atom is 0.273 e. The fourth-order valence-electron chi connectivity index (χ4n) is 2.89. The van der Waals surface area contributed by atoms with E-state index in [1.54, 1.807) is 30.4 Å². The second kappa shape index (κ2) is 5.88. The van der Waals surface area contributed by atoms with Crippen molar-refractivity contribution in [3.8, 4) is 0 Å². The second-order valence-electron chi connectivity index (χ2n) is 5.43. The predicted octanol–water partition coefficient (Wildman–Crippen LogP) is 3.94. The third kappa shape index (κ3) is 2.62. The highest BCUT2D eigenvalue weighted by atomic mass is 32.1. The Bertz CT molecular complexity index is 712. The summed E-state index contributed by atoms with van der Waals surface area (Å²) in [7, 11) is 0. The number of nitrogens with zero attached hydrogens (tertiary/aromatic N) is 2. The van der Waals surface area contributed by atoms with Crippen LogP contribution >= 0.6 is 11.3 Å². The number of carbonyl (C=O) groups excluding carboxylic acids is 1. The van der Waals surface area contributed by atoms with Crippen molar-refractivity contribution >= 4 is 22.9 Å². The lowest BCUT2D eigenvalue weighted by molar-refractivity contribution is -0.385. The summed E-state index contributed by atoms with van der Waals surface area (Å²) >= 11 is 1.64. The third-order valence-corrected chi connectivity index (χ3v) is 5.01. The van der Waals surface area contributed by atoms with Gasteiger partial charge in [-0.3, -0.25) is 14.9 Å². The number of rotatable bonds is 3. The van der Waals surface area contributed by atoms with Gasteiger partial charge in [0.05, 0.1) is 11.0 Å². The Balaban J connectivity index is 1.90. The summed E-state index contributed by atoms with van der Waals surface area (Å²) in [6, 6.07) is 8.82. The van der Waals surface area contributed by atoms with Gasteiger partial charge in [-0.1, -0.05) is 12.1 Å². The Morgan fingerprint density at radius 3 is 2.91 bits per heavy atom. The molecule has 6 heteroatoms. The van der Waals surface area contributed by atoms with Gasteiger partial charge in [0.15, 0.2) is 0 Å². The standard InChI is InChI=1S/C16H16N2O3S/c1-11-6-7-12(10-14(11)18(20)21)16(19)17-8-2-4-13(17)15-5-3-9-22-15/h3,5-7,9-10,13H,2,4,8H2,1H3/t13-/m1/s1. The quantitative estimate of drug-likeness (QED) is 0.636. The zero-order valence-electron chi connectivity index (χ0n) is 12.2. The van der Waals surface area contributed by atoms with Crippen LogP contribution in [0.1, 0.15) is 39.7 Å². The lowest BCUT2D eigenvalue weighted by Crippen LogP contribution is -2.30. The molecule has 0 aliphatic carbocycles. The largest absolute Gasteiger partial charge is 0.331 e. The number of nitro benzene ring substituents is 1. The molecule has 1 aromatic heterocycles. The molecule has 0 unspecified atom stereocenters. The fraction of sp³-hybridized carbons (Fsp3) is 0.312. The minimum absolute atomic E-state index is 0.00211. The van der Waals surface area contributed by atoms with Crippen LogP contribution in [-0.2, 0) is 0 Å². The molecule has 2 aromatic rings. The summed E-state index contributed by atoms with van der Waals surface area (Å²) in [5.74, 6) is -0.126. The molecule has 1 amide bonds. The van der Waals surface area contributed by atoms with Crippen LogP contribution in [0.4, 0.5) is 5.69 Å². The average Bonchev–Trinajstić information content (AvgIpc) is 3.17. The Morgan fingerprint density at radius 2 is 2.23 bits per heavy atom. The van der Waals surface area contributed by atoms with E-state index in [0.29, 0.717) is 17.7 Å². The SMILES string of the molecule is Cc1ccc(C(=O)N2CCC[C@@H]2c2cccs2)cc1[N+](=O)[O-]. The molecule has 114 valence electrons. The number of hydrogen-bond donors (Lipinski definition) is 0. The Kier molecular flexibility index (Phi) is 3.94. The first-order chi connectivity index (χ1) is 10.6. The number of benzene rings is 1. The molecule has 0 saturated carbocycles. The number of thiophene rings is 1. The minimum atomic E-state index is -0.438. The van der Waals surface area contributed by atoms with Crippen molar-refractivity contribution in [2.75, 3.05) is 6.54 Å². The van der Waals surface area contributed by atoms with E-state index < -0.39 is 4.92 Å². The number of likely N-dealkylation sites (tertiary alicyclic amines) is 1. The second-order valence-corrected chi connectivity index (χ2v) is 6.41. The van der Waals surface area contributed by atoms with Crippen molar-refractivity contribution in [2.24, 2.45) is 0 Å². The fourth-order valence-corrected chi connectivity index (χ4v) is 3.76. The van der Waals surface area contributed by atoms with E-state index in [0.717, 1.165) is 12.8 Å². The van der Waals surface area contributed by atoms with Gasteiger partial charge in [-0.05, 0) is 37.3 Å². The predicted molar refractivity (Wildman–Crippen MR) is 85.2 cm³/mol. The Hall–Kier alpha value is -2.21. The summed E-state index contributed by atoms with van der Waals surface area (Å²) in [5, 5.41) is 13.1. The van der Waals surface area contributed by atoms with Gasteiger partial charge in [0.2, 0.25) is 0 Å². The molecule has 0 spiro atoms. The first kappa shape index (κ1) is 14.7. The van der Waals surface area contributed by atoms with Crippen LogP contribution in [0.5, 0.6) is 0 Å². The summed E-state index contributed by atoms with van der Waals surface area (Å²) < 4.78 is 0. The first-order valence-electron chi connectivity index (χ1n) is 7.17. The average molecular weight is 316 g/mol. The zero-order valence-corrected chi connectivity index (χ0v) is 13.0. The minimum Gasteiger partial charge on any atom is -0.331 e.